The summed E-state index contributed by atoms with van der Waals surface area (Å²) in [6, 6.07) is 15.6. The molecule has 0 radical (unpaired) electrons. The molecule has 0 spiro atoms. The van der Waals surface area contributed by atoms with Crippen molar-refractivity contribution in [3.8, 4) is 22.8 Å². The average Bonchev–Trinajstić information content (AvgIpc) is 3.16. The molecule has 9 nitrogen and oxygen atoms in total. The fourth-order valence-corrected chi connectivity index (χ4v) is 3.80. The van der Waals surface area contributed by atoms with Gasteiger partial charge in [0.25, 0.3) is 0 Å². The van der Waals surface area contributed by atoms with Crippen molar-refractivity contribution in [1.82, 2.24) is 14.7 Å². The van der Waals surface area contributed by atoms with Crippen LogP contribution in [0.5, 0.6) is 11.6 Å². The van der Waals surface area contributed by atoms with E-state index in [2.05, 4.69) is 35.9 Å². The number of aliphatic hydroxyl groups excluding tert-OH is 1. The summed E-state index contributed by atoms with van der Waals surface area (Å²) >= 11 is 0. The monoisotopic (exact) mass is 513 g/mol. The van der Waals surface area contributed by atoms with Crippen LogP contribution in [-0.4, -0.2) is 27.5 Å². The van der Waals surface area contributed by atoms with Crippen LogP contribution in [0.25, 0.3) is 11.1 Å². The Balaban J connectivity index is 0.00000380. The van der Waals surface area contributed by atoms with Gasteiger partial charge in [-0.25, -0.2) is 9.78 Å². The van der Waals surface area contributed by atoms with Gasteiger partial charge in [-0.15, -0.1) is 0 Å². The van der Waals surface area contributed by atoms with Crippen molar-refractivity contribution in [2.45, 2.75) is 46.4 Å². The molecule has 10 heteroatoms. The molecule has 2 aromatic heterocycles. The third-order valence-corrected chi connectivity index (χ3v) is 5.83. The predicted molar refractivity (Wildman–Crippen MR) is 133 cm³/mol. The summed E-state index contributed by atoms with van der Waals surface area (Å²) in [5.74, 6) is 0.302. The molecule has 1 atom stereocenters. The summed E-state index contributed by atoms with van der Waals surface area (Å²) in [7, 11) is 0. The van der Waals surface area contributed by atoms with Crippen LogP contribution in [0.3, 0.4) is 0 Å². The Morgan fingerprint density at radius 1 is 1.08 bits per heavy atom. The zero-order valence-electron chi connectivity index (χ0n) is 21.4. The maximum atomic E-state index is 11.5. The molecule has 0 aliphatic heterocycles. The van der Waals surface area contributed by atoms with Crippen molar-refractivity contribution < 1.29 is 48.7 Å². The minimum atomic E-state index is -0.919. The van der Waals surface area contributed by atoms with Gasteiger partial charge in [-0.1, -0.05) is 30.3 Å². The van der Waals surface area contributed by atoms with Gasteiger partial charge in [0, 0.05) is 25.2 Å². The second-order valence-corrected chi connectivity index (χ2v) is 8.63. The number of benzene rings is 2. The third-order valence-electron chi connectivity index (χ3n) is 5.83. The van der Waals surface area contributed by atoms with Crippen LogP contribution in [0.2, 0.25) is 0 Å². The van der Waals surface area contributed by atoms with Gasteiger partial charge in [0.1, 0.15) is 12.4 Å². The Bertz CT molecular complexity index is 1440. The smallest absolute Gasteiger partial charge is 0.493 e. The minimum Gasteiger partial charge on any atom is -0.493 e. The normalized spacial score (nSPS) is 11.6. The Morgan fingerprint density at radius 2 is 1.89 bits per heavy atom. The largest absolute Gasteiger partial charge is 1.00 e. The van der Waals surface area contributed by atoms with Crippen LogP contribution in [-0.2, 0) is 13.2 Å². The number of hydrogen-bond acceptors (Lipinski definition) is 7. The first-order chi connectivity index (χ1) is 17.3. The van der Waals surface area contributed by atoms with Crippen LogP contribution < -0.4 is 55.5 Å². The number of aromatic nitrogens is 3. The van der Waals surface area contributed by atoms with Crippen molar-refractivity contribution in [3.63, 3.8) is 0 Å². The summed E-state index contributed by atoms with van der Waals surface area (Å²) in [6.07, 6.45) is 1.76. The molecule has 0 unspecified atom stereocenters. The van der Waals surface area contributed by atoms with Gasteiger partial charge in [0.15, 0.2) is 5.69 Å². The molecule has 0 aliphatic rings. The molecule has 0 saturated heterocycles. The maximum absolute atomic E-state index is 11.5. The van der Waals surface area contributed by atoms with Crippen LogP contribution in [0.4, 0.5) is 0 Å². The molecule has 0 amide bonds. The molecule has 4 rings (SSSR count). The quantitative estimate of drug-likeness (QED) is 0.299. The van der Waals surface area contributed by atoms with Gasteiger partial charge in [0.05, 0.1) is 12.7 Å². The number of ether oxygens (including phenoxy) is 2. The molecule has 0 aliphatic carbocycles. The molecule has 188 valence electrons. The van der Waals surface area contributed by atoms with Crippen molar-refractivity contribution in [1.29, 1.82) is 0 Å². The topological polar surface area (TPSA) is 118 Å². The van der Waals surface area contributed by atoms with Gasteiger partial charge in [-0.2, -0.15) is 0 Å². The standard InChI is InChI=1S/C27H29N3O6.Na/c1-17-13-22(34-12-11-18(2)31)8-9-23(17)24-6-4-5-21(19(24)3)16-35-25-10-7-20(14-28-25)15-30-26(32)29-27(33)36-30;/h4-10,13-14,18,31H,11-12,15-16H2,1-3H3,(H,29,32,33);/q;+1/p-1/t18-;/m1./s1. The van der Waals surface area contributed by atoms with E-state index in [0.717, 1.165) is 38.3 Å². The van der Waals surface area contributed by atoms with E-state index in [-0.39, 0.29) is 42.2 Å². The van der Waals surface area contributed by atoms with Crippen molar-refractivity contribution in [3.05, 3.63) is 98.0 Å². The molecular formula is C27H28N3NaO6. The zero-order valence-corrected chi connectivity index (χ0v) is 23.4. The Morgan fingerprint density at radius 3 is 2.54 bits per heavy atom. The number of hydrogen-bond donors (Lipinski definition) is 1. The van der Waals surface area contributed by atoms with Gasteiger partial charge in [-0.05, 0) is 66.3 Å². The second kappa shape index (κ2) is 12.9. The zero-order chi connectivity index (χ0) is 25.7. The molecule has 0 bridgehead atoms. The third kappa shape index (κ3) is 7.45. The van der Waals surface area contributed by atoms with Crippen molar-refractivity contribution in [2.24, 2.45) is 0 Å². The number of nitrogens with zero attached hydrogens (tertiary/aromatic N) is 3. The van der Waals surface area contributed by atoms with Crippen molar-refractivity contribution in [2.75, 3.05) is 6.61 Å². The summed E-state index contributed by atoms with van der Waals surface area (Å²) < 4.78 is 17.3. The first-order valence-electron chi connectivity index (χ1n) is 11.6. The van der Waals surface area contributed by atoms with Gasteiger partial charge >= 0.3 is 35.3 Å². The molecule has 0 fully saturated rings. The van der Waals surface area contributed by atoms with Crippen LogP contribution >= 0.6 is 0 Å². The van der Waals surface area contributed by atoms with E-state index in [4.69, 9.17) is 14.0 Å². The van der Waals surface area contributed by atoms with E-state index >= 15 is 0 Å². The number of rotatable bonds is 10. The molecular weight excluding hydrogens is 485 g/mol. The Labute approximate surface area is 236 Å². The predicted octanol–water partition coefficient (Wildman–Crippen LogP) is 0.219. The summed E-state index contributed by atoms with van der Waals surface area (Å²) in [5, 5.41) is 9.41. The van der Waals surface area contributed by atoms with E-state index in [1.54, 1.807) is 25.3 Å². The molecule has 37 heavy (non-hydrogen) atoms. The summed E-state index contributed by atoms with van der Waals surface area (Å²) in [6.45, 7) is 6.74. The van der Waals surface area contributed by atoms with Crippen LogP contribution in [0, 0.1) is 13.8 Å². The number of aliphatic hydroxyl groups is 1. The fraction of sp³-hybridized carbons (Fsp3) is 0.296. The first kappa shape index (κ1) is 28.5. The van der Waals surface area contributed by atoms with Crippen LogP contribution in [0.15, 0.2) is 68.8 Å². The van der Waals surface area contributed by atoms with E-state index in [1.165, 1.54) is 0 Å². The van der Waals surface area contributed by atoms with Crippen molar-refractivity contribution >= 4 is 0 Å². The van der Waals surface area contributed by atoms with Crippen LogP contribution in [0.1, 0.15) is 35.6 Å². The SMILES string of the molecule is Cc1cc(OCC[C@@H](C)O)ccc1-c1cccc(COc2ccc(Cn3oc(=O)[n-]c3=O)cn2)c1C.[Na+]. The second-order valence-electron chi connectivity index (χ2n) is 8.63. The summed E-state index contributed by atoms with van der Waals surface area (Å²) in [4.78, 5) is 30.1. The Kier molecular flexibility index (Phi) is 9.93. The molecule has 2 heterocycles. The van der Waals surface area contributed by atoms with E-state index in [0.29, 0.717) is 31.1 Å². The molecule has 2 aromatic carbocycles. The Hall–Kier alpha value is -3.11. The van der Waals surface area contributed by atoms with E-state index < -0.39 is 11.4 Å². The average molecular weight is 514 g/mol. The number of pyridine rings is 1. The van der Waals surface area contributed by atoms with Gasteiger partial charge < -0.3 is 24.1 Å². The number of aryl methyl sites for hydroxylation is 1. The molecule has 1 N–H and O–H groups in total. The maximum Gasteiger partial charge on any atom is 1.00 e. The first-order valence-corrected chi connectivity index (χ1v) is 11.6. The van der Waals surface area contributed by atoms with E-state index in [9.17, 15) is 14.7 Å². The van der Waals surface area contributed by atoms with Gasteiger partial charge in [-0.3, -0.25) is 9.53 Å². The van der Waals surface area contributed by atoms with Gasteiger partial charge in [0.2, 0.25) is 5.88 Å². The minimum absolute atomic E-state index is 0. The van der Waals surface area contributed by atoms with E-state index in [1.807, 2.05) is 24.3 Å². The molecule has 4 aromatic rings. The summed E-state index contributed by atoms with van der Waals surface area (Å²) in [5.41, 5.74) is 5.41. The fourth-order valence-electron chi connectivity index (χ4n) is 3.80. The molecule has 0 saturated carbocycles.